The Labute approximate surface area is 98.3 Å². The lowest BCUT2D eigenvalue weighted by Gasteiger charge is -2.36. The number of nitrogens with zero attached hydrogens (tertiary/aromatic N) is 1. The van der Waals surface area contributed by atoms with Gasteiger partial charge in [0.15, 0.2) is 0 Å². The highest BCUT2D eigenvalue weighted by Crippen LogP contribution is 2.24. The molecule has 1 N–H and O–H groups in total. The fourth-order valence-electron chi connectivity index (χ4n) is 3.04. The van der Waals surface area contributed by atoms with Crippen molar-refractivity contribution in [2.45, 2.75) is 31.6 Å². The number of methoxy groups -OCH3 is 2. The molecule has 0 saturated carbocycles. The molecule has 0 aliphatic carbocycles. The van der Waals surface area contributed by atoms with Gasteiger partial charge in [-0.1, -0.05) is 6.92 Å². The van der Waals surface area contributed by atoms with E-state index in [9.17, 15) is 0 Å². The number of hydrogen-bond acceptors (Lipinski definition) is 4. The van der Waals surface area contributed by atoms with Gasteiger partial charge in [0.1, 0.15) is 0 Å². The molecule has 0 aromatic carbocycles. The summed E-state index contributed by atoms with van der Waals surface area (Å²) in [7, 11) is 3.57. The summed E-state index contributed by atoms with van der Waals surface area (Å²) in [6.45, 7) is 6.64. The highest BCUT2D eigenvalue weighted by molar-refractivity contribution is 4.92. The van der Waals surface area contributed by atoms with Gasteiger partial charge < -0.3 is 14.8 Å². The first-order chi connectivity index (χ1) is 7.76. The number of likely N-dealkylation sites (tertiary alicyclic amines) is 1. The van der Waals surface area contributed by atoms with Crippen LogP contribution >= 0.6 is 0 Å². The van der Waals surface area contributed by atoms with Crippen molar-refractivity contribution in [3.05, 3.63) is 0 Å². The van der Waals surface area contributed by atoms with E-state index in [-0.39, 0.29) is 12.2 Å². The van der Waals surface area contributed by atoms with E-state index in [4.69, 9.17) is 9.47 Å². The van der Waals surface area contributed by atoms with Gasteiger partial charge in [-0.25, -0.2) is 0 Å². The van der Waals surface area contributed by atoms with Crippen LogP contribution in [0.4, 0.5) is 0 Å². The molecule has 16 heavy (non-hydrogen) atoms. The molecule has 4 unspecified atom stereocenters. The summed E-state index contributed by atoms with van der Waals surface area (Å²) in [6, 6.07) is 0.694. The van der Waals surface area contributed by atoms with Gasteiger partial charge in [-0.15, -0.1) is 0 Å². The third kappa shape index (κ3) is 2.40. The molecule has 0 aromatic rings. The lowest BCUT2D eigenvalue weighted by Crippen LogP contribution is -2.48. The summed E-state index contributed by atoms with van der Waals surface area (Å²) < 4.78 is 11.0. The van der Waals surface area contributed by atoms with Crippen LogP contribution in [-0.4, -0.2) is 63.5 Å². The van der Waals surface area contributed by atoms with Crippen molar-refractivity contribution in [1.82, 2.24) is 10.2 Å². The van der Waals surface area contributed by atoms with Crippen LogP contribution in [0.1, 0.15) is 13.3 Å². The Kier molecular flexibility index (Phi) is 4.19. The van der Waals surface area contributed by atoms with Crippen molar-refractivity contribution in [3.8, 4) is 0 Å². The van der Waals surface area contributed by atoms with Crippen LogP contribution in [0.25, 0.3) is 0 Å². The number of hydrogen-bond donors (Lipinski definition) is 1. The largest absolute Gasteiger partial charge is 0.377 e. The van der Waals surface area contributed by atoms with Crippen LogP contribution in [0, 0.1) is 5.92 Å². The summed E-state index contributed by atoms with van der Waals surface area (Å²) in [5.41, 5.74) is 0. The van der Waals surface area contributed by atoms with Crippen LogP contribution in [0.15, 0.2) is 0 Å². The third-order valence-corrected chi connectivity index (χ3v) is 4.06. The fraction of sp³-hybridized carbons (Fsp3) is 1.00. The predicted octanol–water partition coefficient (Wildman–Crippen LogP) is 0.330. The first kappa shape index (κ1) is 12.3. The molecule has 0 radical (unpaired) electrons. The van der Waals surface area contributed by atoms with E-state index in [2.05, 4.69) is 17.1 Å². The van der Waals surface area contributed by atoms with E-state index in [1.165, 1.54) is 6.42 Å². The van der Waals surface area contributed by atoms with Crippen LogP contribution < -0.4 is 5.32 Å². The van der Waals surface area contributed by atoms with E-state index < -0.39 is 0 Å². The normalized spacial score (nSPS) is 41.4. The van der Waals surface area contributed by atoms with Crippen molar-refractivity contribution in [2.75, 3.05) is 40.4 Å². The van der Waals surface area contributed by atoms with Crippen molar-refractivity contribution in [2.24, 2.45) is 5.92 Å². The predicted molar refractivity (Wildman–Crippen MR) is 63.6 cm³/mol. The maximum Gasteiger partial charge on any atom is 0.0971 e. The molecule has 0 bridgehead atoms. The zero-order valence-electron chi connectivity index (χ0n) is 10.6. The SMILES string of the molecule is COC1CN(C2CCNCC2C)CC1OC. The maximum absolute atomic E-state index is 5.49. The minimum atomic E-state index is 0.243. The topological polar surface area (TPSA) is 33.7 Å². The van der Waals surface area contributed by atoms with Crippen molar-refractivity contribution in [3.63, 3.8) is 0 Å². The highest BCUT2D eigenvalue weighted by Gasteiger charge is 2.38. The Balaban J connectivity index is 1.95. The molecule has 2 rings (SSSR count). The van der Waals surface area contributed by atoms with Crippen molar-refractivity contribution < 1.29 is 9.47 Å². The maximum atomic E-state index is 5.49. The van der Waals surface area contributed by atoms with Gasteiger partial charge in [0.25, 0.3) is 0 Å². The summed E-state index contributed by atoms with van der Waals surface area (Å²) in [5, 5.41) is 3.45. The van der Waals surface area contributed by atoms with E-state index in [1.54, 1.807) is 14.2 Å². The average Bonchev–Trinajstić information content (AvgIpc) is 2.72. The second-order valence-electron chi connectivity index (χ2n) is 5.04. The number of ether oxygens (including phenoxy) is 2. The quantitative estimate of drug-likeness (QED) is 0.755. The standard InChI is InChI=1S/C12H24N2O2/c1-9-6-13-5-4-10(9)14-7-11(15-2)12(8-14)16-3/h9-13H,4-8H2,1-3H3. The van der Waals surface area contributed by atoms with E-state index >= 15 is 0 Å². The molecule has 2 aliphatic heterocycles. The van der Waals surface area contributed by atoms with Gasteiger partial charge in [-0.2, -0.15) is 0 Å². The van der Waals surface area contributed by atoms with E-state index in [1.807, 2.05) is 0 Å². The van der Waals surface area contributed by atoms with E-state index in [0.29, 0.717) is 6.04 Å². The van der Waals surface area contributed by atoms with Gasteiger partial charge in [0.05, 0.1) is 12.2 Å². The number of piperidine rings is 1. The monoisotopic (exact) mass is 228 g/mol. The Morgan fingerprint density at radius 2 is 1.75 bits per heavy atom. The summed E-state index contributed by atoms with van der Waals surface area (Å²) >= 11 is 0. The van der Waals surface area contributed by atoms with Gasteiger partial charge in [0, 0.05) is 33.4 Å². The minimum Gasteiger partial charge on any atom is -0.377 e. The Bertz CT molecular complexity index is 213. The van der Waals surface area contributed by atoms with Crippen LogP contribution in [0.3, 0.4) is 0 Å². The Morgan fingerprint density at radius 3 is 2.25 bits per heavy atom. The molecule has 2 fully saturated rings. The van der Waals surface area contributed by atoms with Gasteiger partial charge in [0.2, 0.25) is 0 Å². The molecular weight excluding hydrogens is 204 g/mol. The molecule has 2 aliphatic rings. The smallest absolute Gasteiger partial charge is 0.0971 e. The Hall–Kier alpha value is -0.160. The fourth-order valence-corrected chi connectivity index (χ4v) is 3.04. The zero-order chi connectivity index (χ0) is 11.5. The second-order valence-corrected chi connectivity index (χ2v) is 5.04. The first-order valence-corrected chi connectivity index (χ1v) is 6.26. The molecule has 4 atom stereocenters. The minimum absolute atomic E-state index is 0.243. The molecule has 0 spiro atoms. The third-order valence-electron chi connectivity index (χ3n) is 4.06. The zero-order valence-corrected chi connectivity index (χ0v) is 10.6. The lowest BCUT2D eigenvalue weighted by molar-refractivity contribution is -0.00461. The molecule has 94 valence electrons. The van der Waals surface area contributed by atoms with Crippen molar-refractivity contribution >= 4 is 0 Å². The second kappa shape index (κ2) is 5.45. The number of rotatable bonds is 3. The highest BCUT2D eigenvalue weighted by atomic mass is 16.5. The first-order valence-electron chi connectivity index (χ1n) is 6.26. The Morgan fingerprint density at radius 1 is 1.12 bits per heavy atom. The summed E-state index contributed by atoms with van der Waals surface area (Å²) in [5.74, 6) is 0.724. The molecule has 0 aromatic heterocycles. The molecule has 2 saturated heterocycles. The van der Waals surface area contributed by atoms with Gasteiger partial charge in [-0.05, 0) is 25.4 Å². The molecule has 4 nitrogen and oxygen atoms in total. The van der Waals surface area contributed by atoms with Gasteiger partial charge >= 0.3 is 0 Å². The summed E-state index contributed by atoms with van der Waals surface area (Å²) in [4.78, 5) is 2.55. The molecule has 4 heteroatoms. The average molecular weight is 228 g/mol. The van der Waals surface area contributed by atoms with Gasteiger partial charge in [-0.3, -0.25) is 4.90 Å². The molecular formula is C12H24N2O2. The molecule has 2 heterocycles. The number of nitrogens with one attached hydrogen (secondary N) is 1. The summed E-state index contributed by atoms with van der Waals surface area (Å²) in [6.07, 6.45) is 1.73. The lowest BCUT2D eigenvalue weighted by atomic mass is 9.94. The van der Waals surface area contributed by atoms with Crippen LogP contribution in [0.2, 0.25) is 0 Å². The van der Waals surface area contributed by atoms with Crippen molar-refractivity contribution in [1.29, 1.82) is 0 Å². The van der Waals surface area contributed by atoms with Crippen LogP contribution in [-0.2, 0) is 9.47 Å². The molecule has 0 amide bonds. The van der Waals surface area contributed by atoms with Crippen LogP contribution in [0.5, 0.6) is 0 Å². The van der Waals surface area contributed by atoms with E-state index in [0.717, 1.165) is 32.1 Å².